The molecule has 2 aromatic carbocycles. The molecular weight excluding hydrogens is 235 g/mol. The molecule has 0 saturated carbocycles. The van der Waals surface area contributed by atoms with Gasteiger partial charge in [0.25, 0.3) is 0 Å². The molecule has 0 amide bonds. The summed E-state index contributed by atoms with van der Waals surface area (Å²) in [5.74, 6) is 0.854. The lowest BCUT2D eigenvalue weighted by Gasteiger charge is -2.19. The molecule has 3 atom stereocenters. The van der Waals surface area contributed by atoms with Crippen molar-refractivity contribution in [3.05, 3.63) is 65.7 Å². The van der Waals surface area contributed by atoms with Crippen LogP contribution in [0.15, 0.2) is 54.6 Å². The van der Waals surface area contributed by atoms with Crippen molar-refractivity contribution in [2.45, 2.75) is 24.4 Å². The van der Waals surface area contributed by atoms with Gasteiger partial charge in [-0.25, -0.2) is 0 Å². The number of hydrogen-bond acceptors (Lipinski definition) is 0. The zero-order chi connectivity index (χ0) is 11.9. The fraction of sp³-hybridized carbons (Fsp3) is 0.294. The number of benzene rings is 2. The normalized spacial score (nSPS) is 29.0. The minimum atomic E-state index is 0.0730. The van der Waals surface area contributed by atoms with Crippen molar-refractivity contribution >= 4 is 13.2 Å². The lowest BCUT2D eigenvalue weighted by atomic mass is 9.99. The van der Waals surface area contributed by atoms with E-state index in [0.717, 1.165) is 11.6 Å². The van der Waals surface area contributed by atoms with Crippen LogP contribution in [0.5, 0.6) is 0 Å². The Labute approximate surface area is 110 Å². The van der Waals surface area contributed by atoms with Crippen LogP contribution in [-0.2, 0) is 6.42 Å². The zero-order valence-electron chi connectivity index (χ0n) is 10.4. The van der Waals surface area contributed by atoms with Gasteiger partial charge in [0.05, 0.1) is 0 Å². The molecule has 4 rings (SSSR count). The summed E-state index contributed by atoms with van der Waals surface area (Å²) in [5, 5.41) is 1.62. The predicted octanol–water partition coefficient (Wildman–Crippen LogP) is 3.91. The van der Waals surface area contributed by atoms with E-state index in [9.17, 15) is 0 Å². The topological polar surface area (TPSA) is 0 Å². The van der Waals surface area contributed by atoms with Crippen molar-refractivity contribution < 1.29 is 0 Å². The number of rotatable bonds is 1. The van der Waals surface area contributed by atoms with E-state index < -0.39 is 0 Å². The molecule has 1 aliphatic heterocycles. The molecule has 0 bridgehead atoms. The molecule has 0 spiro atoms. The molecule has 0 radical (unpaired) electrons. The maximum absolute atomic E-state index is 2.36. The van der Waals surface area contributed by atoms with E-state index in [0.29, 0.717) is 0 Å². The fourth-order valence-electron chi connectivity index (χ4n) is 3.72. The van der Waals surface area contributed by atoms with Crippen LogP contribution >= 0.6 is 7.92 Å². The number of fused-ring (bicyclic) bond motifs is 3. The second kappa shape index (κ2) is 4.21. The molecule has 1 heterocycles. The molecule has 2 aliphatic rings. The van der Waals surface area contributed by atoms with Crippen LogP contribution in [0.25, 0.3) is 0 Å². The van der Waals surface area contributed by atoms with Crippen LogP contribution in [0.2, 0.25) is 0 Å². The van der Waals surface area contributed by atoms with Gasteiger partial charge in [-0.15, -0.1) is 0 Å². The highest BCUT2D eigenvalue weighted by atomic mass is 31.1. The van der Waals surface area contributed by atoms with Crippen LogP contribution in [-0.4, -0.2) is 11.8 Å². The average Bonchev–Trinajstić information content (AvgIpc) is 2.98. The van der Waals surface area contributed by atoms with Crippen LogP contribution in [0.1, 0.15) is 23.5 Å². The summed E-state index contributed by atoms with van der Waals surface area (Å²) in [5.41, 5.74) is 4.19. The monoisotopic (exact) mass is 252 g/mol. The predicted molar refractivity (Wildman–Crippen MR) is 79.2 cm³/mol. The van der Waals surface area contributed by atoms with Crippen molar-refractivity contribution in [2.24, 2.45) is 0 Å². The Morgan fingerprint density at radius 2 is 1.67 bits per heavy atom. The standard InChI is InChI=1S/C17H17P/c1-2-7-14(8-3-1)18-11-10-16-15-9-5-4-6-13(15)12-17(16)18/h1-9,16-17H,10-12H2/t16-,17+,18+/m1/s1. The summed E-state index contributed by atoms with van der Waals surface area (Å²) >= 11 is 0. The molecule has 0 unspecified atom stereocenters. The van der Waals surface area contributed by atoms with Crippen molar-refractivity contribution in [1.82, 2.24) is 0 Å². The lowest BCUT2D eigenvalue weighted by Crippen LogP contribution is -2.12. The highest BCUT2D eigenvalue weighted by molar-refractivity contribution is 7.66. The average molecular weight is 252 g/mol. The molecule has 1 saturated heterocycles. The summed E-state index contributed by atoms with van der Waals surface area (Å²) in [7, 11) is 0.0730. The van der Waals surface area contributed by atoms with Crippen molar-refractivity contribution in [3.63, 3.8) is 0 Å². The van der Waals surface area contributed by atoms with E-state index in [1.54, 1.807) is 16.4 Å². The third-order valence-electron chi connectivity index (χ3n) is 4.52. The molecule has 0 nitrogen and oxygen atoms in total. The van der Waals surface area contributed by atoms with Gasteiger partial charge in [-0.3, -0.25) is 0 Å². The van der Waals surface area contributed by atoms with Gasteiger partial charge in [0.15, 0.2) is 0 Å². The smallest absolute Gasteiger partial charge is 0.00593 e. The summed E-state index contributed by atoms with van der Waals surface area (Å²) in [6.45, 7) is 0. The van der Waals surface area contributed by atoms with Crippen LogP contribution in [0.4, 0.5) is 0 Å². The molecular formula is C17H17P. The second-order valence-electron chi connectivity index (χ2n) is 5.39. The van der Waals surface area contributed by atoms with E-state index in [2.05, 4.69) is 54.6 Å². The first kappa shape index (κ1) is 10.8. The number of hydrogen-bond donors (Lipinski definition) is 0. The van der Waals surface area contributed by atoms with E-state index >= 15 is 0 Å². The minimum absolute atomic E-state index is 0.0730. The van der Waals surface area contributed by atoms with Gasteiger partial charge in [0, 0.05) is 0 Å². The fourth-order valence-corrected chi connectivity index (χ4v) is 6.96. The molecule has 90 valence electrons. The first-order valence-electron chi connectivity index (χ1n) is 6.83. The van der Waals surface area contributed by atoms with E-state index in [1.165, 1.54) is 19.0 Å². The maximum atomic E-state index is 2.36. The molecule has 1 heteroatoms. The van der Waals surface area contributed by atoms with Crippen molar-refractivity contribution in [2.75, 3.05) is 6.16 Å². The zero-order valence-corrected chi connectivity index (χ0v) is 11.3. The Kier molecular flexibility index (Phi) is 2.52. The summed E-state index contributed by atoms with van der Waals surface area (Å²) < 4.78 is 0. The van der Waals surface area contributed by atoms with Crippen LogP contribution < -0.4 is 5.30 Å². The van der Waals surface area contributed by atoms with Gasteiger partial charge < -0.3 is 0 Å². The Balaban J connectivity index is 1.70. The third-order valence-corrected chi connectivity index (χ3v) is 7.56. The van der Waals surface area contributed by atoms with Gasteiger partial charge in [0.2, 0.25) is 0 Å². The second-order valence-corrected chi connectivity index (χ2v) is 7.96. The Bertz CT molecular complexity index is 561. The van der Waals surface area contributed by atoms with E-state index in [-0.39, 0.29) is 7.92 Å². The van der Waals surface area contributed by atoms with Gasteiger partial charge in [-0.1, -0.05) is 62.5 Å². The minimum Gasteiger partial charge on any atom is -0.0712 e. The Morgan fingerprint density at radius 1 is 0.889 bits per heavy atom. The summed E-state index contributed by atoms with van der Waals surface area (Å²) in [4.78, 5) is 0. The molecule has 1 fully saturated rings. The highest BCUT2D eigenvalue weighted by Gasteiger charge is 2.42. The summed E-state index contributed by atoms with van der Waals surface area (Å²) in [6.07, 6.45) is 4.16. The third kappa shape index (κ3) is 1.56. The van der Waals surface area contributed by atoms with Gasteiger partial charge in [-0.05, 0) is 47.0 Å². The first-order valence-corrected chi connectivity index (χ1v) is 8.42. The molecule has 18 heavy (non-hydrogen) atoms. The largest absolute Gasteiger partial charge is 0.0712 e. The molecule has 0 aromatic heterocycles. The quantitative estimate of drug-likeness (QED) is 0.675. The van der Waals surface area contributed by atoms with E-state index in [1.807, 2.05) is 0 Å². The lowest BCUT2D eigenvalue weighted by molar-refractivity contribution is 0.709. The van der Waals surface area contributed by atoms with E-state index in [4.69, 9.17) is 0 Å². The van der Waals surface area contributed by atoms with Gasteiger partial charge in [-0.2, -0.15) is 0 Å². The Hall–Kier alpha value is -1.13. The van der Waals surface area contributed by atoms with Crippen LogP contribution in [0.3, 0.4) is 0 Å². The molecule has 1 aliphatic carbocycles. The van der Waals surface area contributed by atoms with Crippen molar-refractivity contribution in [3.8, 4) is 0 Å². The Morgan fingerprint density at radius 3 is 2.56 bits per heavy atom. The van der Waals surface area contributed by atoms with Gasteiger partial charge >= 0.3 is 0 Å². The van der Waals surface area contributed by atoms with Gasteiger partial charge in [0.1, 0.15) is 0 Å². The maximum Gasteiger partial charge on any atom is -0.00593 e. The first-order chi connectivity index (χ1) is 8.93. The summed E-state index contributed by atoms with van der Waals surface area (Å²) in [6, 6.07) is 20.3. The highest BCUT2D eigenvalue weighted by Crippen LogP contribution is 2.60. The van der Waals surface area contributed by atoms with Crippen molar-refractivity contribution in [1.29, 1.82) is 0 Å². The molecule has 2 aromatic rings. The SMILES string of the molecule is c1ccc([P@]2CC[C@@H]3c4ccccc4C[C@@H]32)cc1. The molecule has 0 N–H and O–H groups in total. The van der Waals surface area contributed by atoms with Crippen LogP contribution in [0, 0.1) is 0 Å².